The van der Waals surface area contributed by atoms with E-state index < -0.39 is 0 Å². The maximum absolute atomic E-state index is 6.03. The van der Waals surface area contributed by atoms with E-state index in [-0.39, 0.29) is 16.2 Å². The molecule has 0 unspecified atom stereocenters. The van der Waals surface area contributed by atoms with Crippen LogP contribution in [0.1, 0.15) is 110 Å². The summed E-state index contributed by atoms with van der Waals surface area (Å²) in [6.07, 6.45) is 16.4. The van der Waals surface area contributed by atoms with E-state index in [2.05, 4.69) is 141 Å². The van der Waals surface area contributed by atoms with Crippen molar-refractivity contribution in [3.8, 4) is 23.0 Å². The number of rotatable bonds is 18. The Hall–Kier alpha value is -4.96. The van der Waals surface area contributed by atoms with Crippen LogP contribution in [0.15, 0.2) is 123 Å². The second-order valence-corrected chi connectivity index (χ2v) is 17.9. The largest absolute Gasteiger partial charge is 0.489 e. The Labute approximate surface area is 356 Å². The highest BCUT2D eigenvalue weighted by atomic mass is 16.5. The Bertz CT molecular complexity index is 1830. The fraction of sp³-hybridized carbons (Fsp3) is 0.418. The zero-order chi connectivity index (χ0) is 42.2. The smallest absolute Gasteiger partial charge is 0.122 e. The maximum Gasteiger partial charge on any atom is 0.122 e. The molecule has 0 spiro atoms. The molecule has 4 aromatic carbocycles. The highest BCUT2D eigenvalue weighted by Gasteiger charge is 2.48. The van der Waals surface area contributed by atoms with Crippen molar-refractivity contribution in [3.05, 3.63) is 168 Å². The Balaban J connectivity index is 1.27. The van der Waals surface area contributed by atoms with Gasteiger partial charge in [-0.2, -0.15) is 0 Å². The number of hydrogen-bond donors (Lipinski definition) is 0. The van der Waals surface area contributed by atoms with Crippen LogP contribution in [-0.2, 0) is 10.8 Å². The normalized spacial score (nSPS) is 16.8. The highest BCUT2D eigenvalue weighted by molar-refractivity contribution is 5.50. The molecule has 2 saturated carbocycles. The molecule has 312 valence electrons. The summed E-state index contributed by atoms with van der Waals surface area (Å²) < 4.78 is 24.1. The van der Waals surface area contributed by atoms with E-state index in [1.165, 1.54) is 70.2 Å². The van der Waals surface area contributed by atoms with Gasteiger partial charge in [-0.25, -0.2) is 0 Å². The lowest BCUT2D eigenvalue weighted by molar-refractivity contribution is 0.0364. The van der Waals surface area contributed by atoms with Gasteiger partial charge in [0.2, 0.25) is 0 Å². The SMILES string of the molecule is C=CCOc1ccc(C2(c3ccc(OCC=C)c(C)c3)CCC(C(C)(C)C3CCC(c4ccc(OCC=C)c(C)c4)(c4ccc(OCC=C)c(C)c4)CC3)CC2)cc1C. The van der Waals surface area contributed by atoms with Crippen LogP contribution in [0.4, 0.5) is 0 Å². The Morgan fingerprint density at radius 3 is 0.898 bits per heavy atom. The monoisotopic (exact) mass is 793 g/mol. The molecule has 6 rings (SSSR count). The van der Waals surface area contributed by atoms with E-state index in [9.17, 15) is 0 Å². The van der Waals surface area contributed by atoms with Crippen LogP contribution in [-0.4, -0.2) is 26.4 Å². The molecule has 2 aliphatic rings. The zero-order valence-electron chi connectivity index (χ0n) is 36.8. The van der Waals surface area contributed by atoms with Crippen LogP contribution >= 0.6 is 0 Å². The predicted octanol–water partition coefficient (Wildman–Crippen LogP) is 13.9. The van der Waals surface area contributed by atoms with Crippen molar-refractivity contribution in [3.63, 3.8) is 0 Å². The van der Waals surface area contributed by atoms with Crippen LogP contribution in [0.5, 0.6) is 23.0 Å². The van der Waals surface area contributed by atoms with Gasteiger partial charge in [0, 0.05) is 10.8 Å². The van der Waals surface area contributed by atoms with Gasteiger partial charge in [0.25, 0.3) is 0 Å². The molecule has 0 atom stereocenters. The van der Waals surface area contributed by atoms with Crippen LogP contribution in [0, 0.1) is 44.9 Å². The summed E-state index contributed by atoms with van der Waals surface area (Å²) in [7, 11) is 0. The second-order valence-electron chi connectivity index (χ2n) is 17.9. The van der Waals surface area contributed by atoms with Crippen molar-refractivity contribution >= 4 is 0 Å². The fourth-order valence-corrected chi connectivity index (χ4v) is 10.6. The van der Waals surface area contributed by atoms with Crippen LogP contribution < -0.4 is 18.9 Å². The molecule has 0 amide bonds. The lowest BCUT2D eigenvalue weighted by Gasteiger charge is -2.52. The summed E-state index contributed by atoms with van der Waals surface area (Å²) in [5.41, 5.74) is 10.2. The molecule has 59 heavy (non-hydrogen) atoms. The molecule has 2 fully saturated rings. The van der Waals surface area contributed by atoms with Gasteiger partial charge in [-0.3, -0.25) is 0 Å². The van der Waals surface area contributed by atoms with Crippen molar-refractivity contribution in [2.45, 2.75) is 104 Å². The minimum atomic E-state index is -0.0867. The molecule has 4 aromatic rings. The minimum absolute atomic E-state index is 0.0867. The standard InChI is InChI=1S/C55H68O4/c1-11-31-56-49-19-15-45(35-39(49)5)54(46-16-20-50(40(6)36-46)57-32-12-2)27-23-43(24-28-54)53(9,10)44-25-29-55(30-26-44,47-17-21-51(41(7)37-47)58-33-13-3)48-18-22-52(42(8)38-48)59-34-14-4/h11-22,35-38,43-44H,1-4,23-34H2,5-10H3. The first-order chi connectivity index (χ1) is 28.4. The first-order valence-corrected chi connectivity index (χ1v) is 21.8. The molecule has 4 heteroatoms. The maximum atomic E-state index is 6.03. The molecule has 0 heterocycles. The number of hydrogen-bond acceptors (Lipinski definition) is 4. The lowest BCUT2D eigenvalue weighted by Crippen LogP contribution is -2.43. The van der Waals surface area contributed by atoms with E-state index in [4.69, 9.17) is 18.9 Å². The number of ether oxygens (including phenoxy) is 4. The predicted molar refractivity (Wildman–Crippen MR) is 247 cm³/mol. The topological polar surface area (TPSA) is 36.9 Å². The van der Waals surface area contributed by atoms with Gasteiger partial charge < -0.3 is 18.9 Å². The van der Waals surface area contributed by atoms with E-state index in [0.717, 1.165) is 48.7 Å². The van der Waals surface area contributed by atoms with E-state index in [1.807, 2.05) is 24.3 Å². The lowest BCUT2D eigenvalue weighted by atomic mass is 9.53. The first kappa shape index (κ1) is 43.6. The van der Waals surface area contributed by atoms with Crippen molar-refractivity contribution in [1.29, 1.82) is 0 Å². The summed E-state index contributed by atoms with van der Waals surface area (Å²) in [6, 6.07) is 27.4. The summed E-state index contributed by atoms with van der Waals surface area (Å²) in [6.45, 7) is 31.3. The van der Waals surface area contributed by atoms with Crippen molar-refractivity contribution < 1.29 is 18.9 Å². The molecule has 0 bridgehead atoms. The summed E-state index contributed by atoms with van der Waals surface area (Å²) >= 11 is 0. The number of benzene rings is 4. The third-order valence-electron chi connectivity index (χ3n) is 14.1. The molecule has 2 aliphatic carbocycles. The minimum Gasteiger partial charge on any atom is -0.489 e. The summed E-state index contributed by atoms with van der Waals surface area (Å²) in [4.78, 5) is 0. The van der Waals surface area contributed by atoms with Gasteiger partial charge in [0.15, 0.2) is 0 Å². The molecule has 0 aromatic heterocycles. The van der Waals surface area contributed by atoms with Gasteiger partial charge in [-0.15, -0.1) is 0 Å². The zero-order valence-corrected chi connectivity index (χ0v) is 36.8. The highest BCUT2D eigenvalue weighted by Crippen LogP contribution is 2.57. The van der Waals surface area contributed by atoms with Crippen molar-refractivity contribution in [1.82, 2.24) is 0 Å². The molecular weight excluding hydrogens is 725 g/mol. The van der Waals surface area contributed by atoms with Gasteiger partial charge in [0.05, 0.1) is 0 Å². The van der Waals surface area contributed by atoms with Crippen molar-refractivity contribution in [2.75, 3.05) is 26.4 Å². The van der Waals surface area contributed by atoms with E-state index in [1.54, 1.807) is 0 Å². The molecule has 4 nitrogen and oxygen atoms in total. The Kier molecular flexibility index (Phi) is 14.0. The molecule has 0 saturated heterocycles. The quantitative estimate of drug-likeness (QED) is 0.0941. The molecule has 0 radical (unpaired) electrons. The van der Waals surface area contributed by atoms with Gasteiger partial charge in [-0.05, 0) is 165 Å². The Morgan fingerprint density at radius 1 is 0.458 bits per heavy atom. The molecular formula is C55H68O4. The summed E-state index contributed by atoms with van der Waals surface area (Å²) in [5.74, 6) is 4.97. The van der Waals surface area contributed by atoms with Crippen LogP contribution in [0.3, 0.4) is 0 Å². The van der Waals surface area contributed by atoms with Crippen LogP contribution in [0.25, 0.3) is 0 Å². The van der Waals surface area contributed by atoms with Gasteiger partial charge >= 0.3 is 0 Å². The number of aryl methyl sites for hydroxylation is 4. The fourth-order valence-electron chi connectivity index (χ4n) is 10.6. The van der Waals surface area contributed by atoms with E-state index in [0.29, 0.717) is 38.3 Å². The molecule has 0 aliphatic heterocycles. The van der Waals surface area contributed by atoms with Gasteiger partial charge in [-0.1, -0.05) is 113 Å². The third kappa shape index (κ3) is 9.13. The summed E-state index contributed by atoms with van der Waals surface area (Å²) in [5, 5.41) is 0. The van der Waals surface area contributed by atoms with Crippen molar-refractivity contribution in [2.24, 2.45) is 17.3 Å². The third-order valence-corrected chi connectivity index (χ3v) is 14.1. The second kappa shape index (κ2) is 19.0. The average Bonchev–Trinajstić information content (AvgIpc) is 3.24. The molecule has 0 N–H and O–H groups in total. The van der Waals surface area contributed by atoms with E-state index >= 15 is 0 Å². The van der Waals surface area contributed by atoms with Gasteiger partial charge in [0.1, 0.15) is 49.4 Å². The first-order valence-electron chi connectivity index (χ1n) is 21.8. The van der Waals surface area contributed by atoms with Crippen LogP contribution in [0.2, 0.25) is 0 Å². The Morgan fingerprint density at radius 2 is 0.695 bits per heavy atom. The average molecular weight is 793 g/mol.